The number of aromatic hydroxyl groups is 1. The molecular formula is C23H26N2O7S. The Labute approximate surface area is 196 Å². The summed E-state index contributed by atoms with van der Waals surface area (Å²) < 4.78 is 29.5. The fraction of sp³-hybridized carbons (Fsp3) is 0.348. The van der Waals surface area contributed by atoms with Gasteiger partial charge in [0.2, 0.25) is 11.5 Å². The molecule has 2 aliphatic rings. The molecule has 0 saturated carbocycles. The van der Waals surface area contributed by atoms with Gasteiger partial charge in [0.25, 0.3) is 5.12 Å². The lowest BCUT2D eigenvalue weighted by molar-refractivity contribution is -0.110. The Bertz CT molecular complexity index is 1050. The molecule has 10 heteroatoms. The molecule has 2 heterocycles. The summed E-state index contributed by atoms with van der Waals surface area (Å²) >= 11 is 1.10. The number of hydrogen-bond acceptors (Lipinski definition) is 10. The molecule has 0 aliphatic carbocycles. The topological polar surface area (TPSA) is 89.9 Å². The molecule has 1 saturated heterocycles. The van der Waals surface area contributed by atoms with E-state index < -0.39 is 0 Å². The highest BCUT2D eigenvalue weighted by molar-refractivity contribution is 8.12. The van der Waals surface area contributed by atoms with Crippen molar-refractivity contribution in [3.8, 4) is 34.5 Å². The molecule has 4 rings (SSSR count). The molecule has 1 N–H and O–H groups in total. The fourth-order valence-electron chi connectivity index (χ4n) is 3.69. The van der Waals surface area contributed by atoms with E-state index in [1.165, 1.54) is 18.4 Å². The van der Waals surface area contributed by atoms with Gasteiger partial charge >= 0.3 is 0 Å². The standard InChI is InChI=1S/C23H26N2O7S/c1-28-18-6-4-15(21(29-2)22(18)30-3)13-24-8-10-25(11-9-24)33-23(27)20-14-31-17-7-5-16(26)12-19(17)32-20/h4-7,12,14,26H,8-11,13H2,1-3H3. The van der Waals surface area contributed by atoms with Crippen LogP contribution in [0.25, 0.3) is 0 Å². The average Bonchev–Trinajstić information content (AvgIpc) is 2.84. The van der Waals surface area contributed by atoms with E-state index in [4.69, 9.17) is 23.7 Å². The molecule has 0 unspecified atom stereocenters. The highest BCUT2D eigenvalue weighted by Crippen LogP contribution is 2.40. The van der Waals surface area contributed by atoms with E-state index in [0.717, 1.165) is 30.6 Å². The summed E-state index contributed by atoms with van der Waals surface area (Å²) in [7, 11) is 4.81. The van der Waals surface area contributed by atoms with Crippen molar-refractivity contribution in [2.45, 2.75) is 6.54 Å². The third kappa shape index (κ3) is 5.13. The summed E-state index contributed by atoms with van der Waals surface area (Å²) in [5.74, 6) is 2.77. The number of ether oxygens (including phenoxy) is 5. The van der Waals surface area contributed by atoms with Crippen LogP contribution in [0.3, 0.4) is 0 Å². The average molecular weight is 475 g/mol. The first kappa shape index (κ1) is 23.1. The molecule has 2 aromatic rings. The predicted octanol–water partition coefficient (Wildman–Crippen LogP) is 3.02. The molecule has 0 atom stereocenters. The van der Waals surface area contributed by atoms with Gasteiger partial charge in [0.1, 0.15) is 12.0 Å². The van der Waals surface area contributed by atoms with Crippen LogP contribution in [0.5, 0.6) is 34.5 Å². The summed E-state index contributed by atoms with van der Waals surface area (Å²) in [5, 5.41) is 9.36. The van der Waals surface area contributed by atoms with Crippen molar-refractivity contribution in [3.63, 3.8) is 0 Å². The summed E-state index contributed by atoms with van der Waals surface area (Å²) in [5.41, 5.74) is 1.01. The summed E-state index contributed by atoms with van der Waals surface area (Å²) in [6.45, 7) is 3.67. The molecule has 176 valence electrons. The van der Waals surface area contributed by atoms with Gasteiger partial charge in [0.15, 0.2) is 23.0 Å². The zero-order valence-corrected chi connectivity index (χ0v) is 19.5. The van der Waals surface area contributed by atoms with Crippen molar-refractivity contribution in [2.75, 3.05) is 47.5 Å². The highest BCUT2D eigenvalue weighted by atomic mass is 32.2. The number of piperazine rings is 1. The molecule has 0 aromatic heterocycles. The predicted molar refractivity (Wildman–Crippen MR) is 123 cm³/mol. The summed E-state index contributed by atoms with van der Waals surface area (Å²) in [6, 6.07) is 8.35. The number of rotatable bonds is 7. The van der Waals surface area contributed by atoms with Gasteiger partial charge in [-0.25, -0.2) is 4.31 Å². The van der Waals surface area contributed by atoms with Crippen LogP contribution in [0.4, 0.5) is 0 Å². The molecule has 0 bridgehead atoms. The number of carbonyl (C=O) groups is 1. The molecule has 2 aliphatic heterocycles. The van der Waals surface area contributed by atoms with E-state index in [0.29, 0.717) is 48.4 Å². The van der Waals surface area contributed by atoms with Gasteiger partial charge in [0.05, 0.1) is 21.3 Å². The lowest BCUT2D eigenvalue weighted by Crippen LogP contribution is -2.43. The van der Waals surface area contributed by atoms with Crippen molar-refractivity contribution < 1.29 is 33.6 Å². The van der Waals surface area contributed by atoms with Gasteiger partial charge in [-0.1, -0.05) is 6.07 Å². The molecule has 0 amide bonds. The van der Waals surface area contributed by atoms with E-state index >= 15 is 0 Å². The molecule has 9 nitrogen and oxygen atoms in total. The number of phenols is 1. The normalized spacial score (nSPS) is 16.2. The first-order chi connectivity index (χ1) is 16.0. The maximum atomic E-state index is 12.7. The number of hydrogen-bond donors (Lipinski definition) is 1. The third-order valence-electron chi connectivity index (χ3n) is 5.36. The van der Waals surface area contributed by atoms with Gasteiger partial charge in [-0.05, 0) is 18.2 Å². The quantitative estimate of drug-likeness (QED) is 0.604. The number of nitrogens with zero attached hydrogens (tertiary/aromatic N) is 2. The lowest BCUT2D eigenvalue weighted by Gasteiger charge is -2.33. The summed E-state index contributed by atoms with van der Waals surface area (Å²) in [4.78, 5) is 15.0. The number of methoxy groups -OCH3 is 3. The zero-order valence-electron chi connectivity index (χ0n) is 18.7. The molecular weight excluding hydrogens is 448 g/mol. The number of carbonyl (C=O) groups excluding carboxylic acids is 1. The monoisotopic (exact) mass is 474 g/mol. The Kier molecular flexibility index (Phi) is 7.17. The Hall–Kier alpha value is -3.08. The number of fused-ring (bicyclic) bond motifs is 1. The van der Waals surface area contributed by atoms with Crippen LogP contribution in [-0.4, -0.2) is 66.9 Å². The van der Waals surface area contributed by atoms with Crippen molar-refractivity contribution in [3.05, 3.63) is 47.9 Å². The van der Waals surface area contributed by atoms with Crippen LogP contribution >= 0.6 is 11.9 Å². The smallest absolute Gasteiger partial charge is 0.272 e. The van der Waals surface area contributed by atoms with Crippen LogP contribution in [0, 0.1) is 0 Å². The minimum atomic E-state index is -0.251. The Morgan fingerprint density at radius 2 is 1.76 bits per heavy atom. The second-order valence-electron chi connectivity index (χ2n) is 7.41. The summed E-state index contributed by atoms with van der Waals surface area (Å²) in [6.07, 6.45) is 1.30. The number of benzene rings is 2. The molecule has 33 heavy (non-hydrogen) atoms. The largest absolute Gasteiger partial charge is 0.508 e. The SMILES string of the molecule is COc1ccc(CN2CCN(SC(=O)C3=COc4ccc(O)cc4O3)CC2)c(OC)c1OC. The van der Waals surface area contributed by atoms with Crippen LogP contribution in [0.2, 0.25) is 0 Å². The van der Waals surface area contributed by atoms with Gasteiger partial charge in [-0.3, -0.25) is 9.69 Å². The minimum absolute atomic E-state index is 0.0425. The fourth-order valence-corrected chi connectivity index (χ4v) is 4.45. The van der Waals surface area contributed by atoms with Crippen LogP contribution in [0.1, 0.15) is 5.56 Å². The van der Waals surface area contributed by atoms with Crippen LogP contribution in [-0.2, 0) is 11.3 Å². The van der Waals surface area contributed by atoms with E-state index in [-0.39, 0.29) is 16.6 Å². The van der Waals surface area contributed by atoms with Gasteiger partial charge in [-0.2, -0.15) is 0 Å². The Balaban J connectivity index is 1.32. The van der Waals surface area contributed by atoms with Gasteiger partial charge < -0.3 is 28.8 Å². The third-order valence-corrected chi connectivity index (χ3v) is 6.35. The first-order valence-electron chi connectivity index (χ1n) is 10.4. The maximum absolute atomic E-state index is 12.7. The molecule has 2 aromatic carbocycles. The Morgan fingerprint density at radius 3 is 2.45 bits per heavy atom. The minimum Gasteiger partial charge on any atom is -0.508 e. The first-order valence-corrected chi connectivity index (χ1v) is 11.1. The zero-order chi connectivity index (χ0) is 23.4. The van der Waals surface area contributed by atoms with Crippen LogP contribution < -0.4 is 23.7 Å². The molecule has 1 fully saturated rings. The molecule has 0 spiro atoms. The van der Waals surface area contributed by atoms with Crippen molar-refractivity contribution in [1.82, 2.24) is 9.21 Å². The Morgan fingerprint density at radius 1 is 1.00 bits per heavy atom. The molecule has 0 radical (unpaired) electrons. The maximum Gasteiger partial charge on any atom is 0.272 e. The lowest BCUT2D eigenvalue weighted by atomic mass is 10.1. The van der Waals surface area contributed by atoms with E-state index in [1.54, 1.807) is 27.4 Å². The van der Waals surface area contributed by atoms with E-state index in [9.17, 15) is 9.90 Å². The second-order valence-corrected chi connectivity index (χ2v) is 8.48. The van der Waals surface area contributed by atoms with Crippen LogP contribution in [0.15, 0.2) is 42.4 Å². The highest BCUT2D eigenvalue weighted by Gasteiger charge is 2.26. The van der Waals surface area contributed by atoms with E-state index in [1.807, 2.05) is 16.4 Å². The van der Waals surface area contributed by atoms with Crippen molar-refractivity contribution >= 4 is 17.1 Å². The van der Waals surface area contributed by atoms with Crippen molar-refractivity contribution in [1.29, 1.82) is 0 Å². The van der Waals surface area contributed by atoms with Crippen molar-refractivity contribution in [2.24, 2.45) is 0 Å². The van der Waals surface area contributed by atoms with E-state index in [2.05, 4.69) is 4.90 Å². The second kappa shape index (κ2) is 10.2. The van der Waals surface area contributed by atoms with Gasteiger partial charge in [0, 0.05) is 56.3 Å². The number of phenolic OH excluding ortho intramolecular Hbond substituents is 1. The van der Waals surface area contributed by atoms with Gasteiger partial charge in [-0.15, -0.1) is 0 Å².